The van der Waals surface area contributed by atoms with Crippen LogP contribution in [0, 0.1) is 6.92 Å². The number of ether oxygens (including phenoxy) is 2. The van der Waals surface area contributed by atoms with Gasteiger partial charge in [-0.05, 0) is 49.6 Å². The average Bonchev–Trinajstić information content (AvgIpc) is 3.55. The highest BCUT2D eigenvalue weighted by Gasteiger charge is 2.27. The van der Waals surface area contributed by atoms with Crippen molar-refractivity contribution in [3.8, 4) is 23.1 Å². The number of nitrogens with zero attached hydrogens (tertiary/aromatic N) is 7. The number of benzene rings is 1. The van der Waals surface area contributed by atoms with Crippen LogP contribution in [0.3, 0.4) is 0 Å². The Bertz CT molecular complexity index is 1340. The van der Waals surface area contributed by atoms with Crippen LogP contribution >= 0.6 is 0 Å². The van der Waals surface area contributed by atoms with Crippen molar-refractivity contribution in [3.05, 3.63) is 66.0 Å². The van der Waals surface area contributed by atoms with Crippen molar-refractivity contribution < 1.29 is 9.47 Å². The monoisotopic (exact) mass is 471 g/mol. The molecule has 9 nitrogen and oxygen atoms in total. The maximum Gasteiger partial charge on any atom is 0.238 e. The van der Waals surface area contributed by atoms with E-state index >= 15 is 0 Å². The fourth-order valence-electron chi connectivity index (χ4n) is 4.99. The molecule has 0 bridgehead atoms. The molecule has 1 saturated heterocycles. The van der Waals surface area contributed by atoms with Gasteiger partial charge in [0.1, 0.15) is 17.2 Å². The summed E-state index contributed by atoms with van der Waals surface area (Å²) in [7, 11) is 1.63. The Kier molecular flexibility index (Phi) is 5.69. The number of morpholine rings is 1. The Morgan fingerprint density at radius 2 is 1.94 bits per heavy atom. The maximum atomic E-state index is 5.60. The summed E-state index contributed by atoms with van der Waals surface area (Å²) >= 11 is 0. The first kappa shape index (κ1) is 21.8. The topological polar surface area (TPSA) is 83.1 Å². The highest BCUT2D eigenvalue weighted by molar-refractivity contribution is 5.56. The number of methoxy groups -OCH3 is 1. The van der Waals surface area contributed by atoms with E-state index in [2.05, 4.69) is 34.1 Å². The van der Waals surface area contributed by atoms with Crippen LogP contribution in [0.15, 0.2) is 48.9 Å². The van der Waals surface area contributed by atoms with E-state index in [1.54, 1.807) is 13.4 Å². The summed E-state index contributed by atoms with van der Waals surface area (Å²) in [5.41, 5.74) is 5.00. The van der Waals surface area contributed by atoms with E-state index in [0.29, 0.717) is 17.4 Å². The van der Waals surface area contributed by atoms with E-state index in [0.717, 1.165) is 62.9 Å². The summed E-state index contributed by atoms with van der Waals surface area (Å²) < 4.78 is 15.1. The molecule has 180 valence electrons. The van der Waals surface area contributed by atoms with Gasteiger partial charge in [0.2, 0.25) is 5.88 Å². The zero-order valence-corrected chi connectivity index (χ0v) is 20.1. The van der Waals surface area contributed by atoms with Crippen LogP contribution in [-0.4, -0.2) is 62.7 Å². The Morgan fingerprint density at radius 3 is 2.74 bits per heavy atom. The first-order chi connectivity index (χ1) is 17.2. The van der Waals surface area contributed by atoms with Gasteiger partial charge < -0.3 is 18.9 Å². The first-order valence-electron chi connectivity index (χ1n) is 12.1. The van der Waals surface area contributed by atoms with Crippen LogP contribution in [-0.2, 0) is 11.3 Å². The maximum absolute atomic E-state index is 5.60. The largest absolute Gasteiger partial charge is 0.479 e. The minimum absolute atomic E-state index is 0.209. The molecular weight excluding hydrogens is 442 g/mol. The predicted octanol–water partition coefficient (Wildman–Crippen LogP) is 3.61. The van der Waals surface area contributed by atoms with Gasteiger partial charge in [-0.2, -0.15) is 0 Å². The van der Waals surface area contributed by atoms with Gasteiger partial charge in [0, 0.05) is 37.4 Å². The second-order valence-corrected chi connectivity index (χ2v) is 9.05. The molecule has 0 unspecified atom stereocenters. The Morgan fingerprint density at radius 1 is 1.06 bits per heavy atom. The van der Waals surface area contributed by atoms with E-state index in [4.69, 9.17) is 24.5 Å². The van der Waals surface area contributed by atoms with Crippen molar-refractivity contribution in [1.29, 1.82) is 0 Å². The molecule has 0 N–H and O–H groups in total. The molecule has 5 heterocycles. The molecule has 0 spiro atoms. The van der Waals surface area contributed by atoms with Gasteiger partial charge in [-0.1, -0.05) is 12.1 Å². The number of aromatic nitrogens is 6. The highest BCUT2D eigenvalue weighted by atomic mass is 16.5. The zero-order chi connectivity index (χ0) is 23.8. The van der Waals surface area contributed by atoms with E-state index < -0.39 is 0 Å². The number of aryl methyl sites for hydroxylation is 2. The van der Waals surface area contributed by atoms with Gasteiger partial charge in [-0.15, -0.1) is 5.10 Å². The third kappa shape index (κ3) is 4.16. The van der Waals surface area contributed by atoms with Gasteiger partial charge in [0.15, 0.2) is 5.82 Å². The molecule has 0 radical (unpaired) electrons. The van der Waals surface area contributed by atoms with Gasteiger partial charge in [-0.3, -0.25) is 0 Å². The summed E-state index contributed by atoms with van der Waals surface area (Å²) in [6.07, 6.45) is 5.83. The summed E-state index contributed by atoms with van der Waals surface area (Å²) in [5, 5.41) is 4.83. The quantitative estimate of drug-likeness (QED) is 0.440. The Hall–Kier alpha value is -3.72. The van der Waals surface area contributed by atoms with Crippen LogP contribution in [0.2, 0.25) is 0 Å². The summed E-state index contributed by atoms with van der Waals surface area (Å²) in [6.45, 7) is 6.23. The molecule has 3 aromatic heterocycles. The molecule has 0 amide bonds. The zero-order valence-electron chi connectivity index (χ0n) is 20.1. The normalized spacial score (nSPS) is 17.9. The van der Waals surface area contributed by atoms with Crippen molar-refractivity contribution in [2.24, 2.45) is 0 Å². The van der Waals surface area contributed by atoms with Crippen LogP contribution in [0.1, 0.15) is 35.8 Å². The number of imidazole rings is 1. The fraction of sp³-hybridized carbons (Fsp3) is 0.385. The molecule has 6 rings (SSSR count). The average molecular weight is 472 g/mol. The Balaban J connectivity index is 1.32. The summed E-state index contributed by atoms with van der Waals surface area (Å²) in [6, 6.07) is 12.8. The van der Waals surface area contributed by atoms with Crippen molar-refractivity contribution in [2.45, 2.75) is 32.2 Å². The first-order valence-corrected chi connectivity index (χ1v) is 12.1. The third-order valence-corrected chi connectivity index (χ3v) is 6.78. The lowest BCUT2D eigenvalue weighted by atomic mass is 9.91. The molecule has 0 saturated carbocycles. The molecule has 1 aromatic carbocycles. The SMILES string of the molecule is COc1nc(-c2nc3n(n2)CCC[C@@H]3c2cccc(N3CCOCC3)c2)ccc1-n1cnc(C)c1. The van der Waals surface area contributed by atoms with Crippen LogP contribution < -0.4 is 9.64 Å². The Labute approximate surface area is 204 Å². The van der Waals surface area contributed by atoms with Gasteiger partial charge >= 0.3 is 0 Å². The van der Waals surface area contributed by atoms with Crippen LogP contribution in [0.25, 0.3) is 17.2 Å². The van der Waals surface area contributed by atoms with Gasteiger partial charge in [0.25, 0.3) is 0 Å². The molecule has 2 aliphatic heterocycles. The van der Waals surface area contributed by atoms with Crippen molar-refractivity contribution in [3.63, 3.8) is 0 Å². The molecule has 4 aromatic rings. The number of hydrogen-bond donors (Lipinski definition) is 0. The third-order valence-electron chi connectivity index (χ3n) is 6.78. The number of rotatable bonds is 5. The number of pyridine rings is 1. The lowest BCUT2D eigenvalue weighted by Crippen LogP contribution is -2.36. The molecule has 0 aliphatic carbocycles. The van der Waals surface area contributed by atoms with Crippen molar-refractivity contribution in [2.75, 3.05) is 38.3 Å². The van der Waals surface area contributed by atoms with Crippen molar-refractivity contribution in [1.82, 2.24) is 29.3 Å². The van der Waals surface area contributed by atoms with Gasteiger partial charge in [-0.25, -0.2) is 19.6 Å². The second kappa shape index (κ2) is 9.14. The summed E-state index contributed by atoms with van der Waals surface area (Å²) in [4.78, 5) is 16.4. The molecular formula is C26H29N7O2. The van der Waals surface area contributed by atoms with Gasteiger partial charge in [0.05, 0.1) is 32.3 Å². The smallest absolute Gasteiger partial charge is 0.238 e. The molecule has 2 aliphatic rings. The molecule has 1 atom stereocenters. The lowest BCUT2D eigenvalue weighted by Gasteiger charge is -2.30. The number of anilines is 1. The lowest BCUT2D eigenvalue weighted by molar-refractivity contribution is 0.122. The minimum Gasteiger partial charge on any atom is -0.479 e. The predicted molar refractivity (Wildman–Crippen MR) is 132 cm³/mol. The number of fused-ring (bicyclic) bond motifs is 1. The molecule has 9 heteroatoms. The van der Waals surface area contributed by atoms with E-state index in [1.807, 2.05) is 34.5 Å². The minimum atomic E-state index is 0.209. The van der Waals surface area contributed by atoms with E-state index in [9.17, 15) is 0 Å². The fourth-order valence-corrected chi connectivity index (χ4v) is 4.99. The van der Waals surface area contributed by atoms with E-state index in [1.165, 1.54) is 11.3 Å². The standard InChI is InChI=1S/C26H29N7O2/c1-18-16-32(17-27-18)23-9-8-22(28-26(23)34-2)24-29-25-21(7-4-10-33(25)30-24)19-5-3-6-20(15-19)31-11-13-35-14-12-31/h3,5-6,8-9,15-17,21H,4,7,10-14H2,1-2H3/t21-/m1/s1. The summed E-state index contributed by atoms with van der Waals surface area (Å²) in [5.74, 6) is 2.35. The van der Waals surface area contributed by atoms with Crippen LogP contribution in [0.4, 0.5) is 5.69 Å². The van der Waals surface area contributed by atoms with E-state index in [-0.39, 0.29) is 5.92 Å². The second-order valence-electron chi connectivity index (χ2n) is 9.05. The van der Waals surface area contributed by atoms with Crippen LogP contribution in [0.5, 0.6) is 5.88 Å². The van der Waals surface area contributed by atoms with Crippen molar-refractivity contribution >= 4 is 5.69 Å². The number of hydrogen-bond acceptors (Lipinski definition) is 7. The molecule has 1 fully saturated rings. The molecule has 35 heavy (non-hydrogen) atoms. The highest BCUT2D eigenvalue weighted by Crippen LogP contribution is 2.35.